The maximum atomic E-state index is 12.0. The smallest absolute Gasteiger partial charge is 0.244 e. The van der Waals surface area contributed by atoms with Gasteiger partial charge in [0, 0.05) is 38.2 Å². The molecule has 2 aromatic rings. The van der Waals surface area contributed by atoms with E-state index in [1.54, 1.807) is 0 Å². The lowest BCUT2D eigenvalue weighted by Gasteiger charge is -2.36. The third-order valence-electron chi connectivity index (χ3n) is 4.79. The van der Waals surface area contributed by atoms with Gasteiger partial charge in [0.15, 0.2) is 0 Å². The van der Waals surface area contributed by atoms with E-state index < -0.39 is 0 Å². The number of nitrogens with zero attached hydrogens (tertiary/aromatic N) is 4. The monoisotopic (exact) mass is 342 g/mol. The normalized spacial score (nSPS) is 16.8. The summed E-state index contributed by atoms with van der Waals surface area (Å²) in [5.74, 6) is 1.51. The van der Waals surface area contributed by atoms with Gasteiger partial charge in [0.05, 0.1) is 6.04 Å². The second kappa shape index (κ2) is 7.78. The van der Waals surface area contributed by atoms with Crippen molar-refractivity contribution in [3.05, 3.63) is 35.7 Å². The Morgan fingerprint density at radius 3 is 2.52 bits per heavy atom. The standard InChI is InChI=1S/C19H26N4O2/c1-4-5-17(24)23-12-10-22(11-13-23)15(3)19-20-18(21-25-19)16-8-6-14(2)7-9-16/h6-9,15H,4-5,10-13H2,1-3H3. The molecule has 1 aromatic carbocycles. The molecule has 0 saturated carbocycles. The number of rotatable bonds is 5. The first kappa shape index (κ1) is 17.6. The van der Waals surface area contributed by atoms with Crippen molar-refractivity contribution in [3.8, 4) is 11.4 Å². The molecule has 6 nitrogen and oxygen atoms in total. The summed E-state index contributed by atoms with van der Waals surface area (Å²) in [4.78, 5) is 20.8. The molecule has 1 aromatic heterocycles. The molecule has 0 spiro atoms. The molecule has 2 heterocycles. The number of benzene rings is 1. The maximum Gasteiger partial charge on any atom is 0.244 e. The Hall–Kier alpha value is -2.21. The van der Waals surface area contributed by atoms with Gasteiger partial charge in [0.25, 0.3) is 0 Å². The summed E-state index contributed by atoms with van der Waals surface area (Å²) in [5.41, 5.74) is 2.17. The van der Waals surface area contributed by atoms with Crippen LogP contribution in [0.1, 0.15) is 44.2 Å². The summed E-state index contributed by atoms with van der Waals surface area (Å²) in [7, 11) is 0. The summed E-state index contributed by atoms with van der Waals surface area (Å²) >= 11 is 0. The molecule has 134 valence electrons. The number of carbonyl (C=O) groups is 1. The Labute approximate surface area is 148 Å². The molecule has 3 rings (SSSR count). The molecule has 0 aliphatic carbocycles. The first-order valence-corrected chi connectivity index (χ1v) is 9.01. The van der Waals surface area contributed by atoms with Crippen LogP contribution in [0, 0.1) is 6.92 Å². The lowest BCUT2D eigenvalue weighted by Crippen LogP contribution is -2.49. The number of hydrogen-bond acceptors (Lipinski definition) is 5. The van der Waals surface area contributed by atoms with E-state index in [0.717, 1.165) is 38.2 Å². The summed E-state index contributed by atoms with van der Waals surface area (Å²) in [6.45, 7) is 9.37. The second-order valence-electron chi connectivity index (χ2n) is 6.66. The maximum absolute atomic E-state index is 12.0. The molecule has 25 heavy (non-hydrogen) atoms. The van der Waals surface area contributed by atoms with Crippen molar-refractivity contribution in [2.24, 2.45) is 0 Å². The molecule has 1 aliphatic rings. The van der Waals surface area contributed by atoms with Gasteiger partial charge < -0.3 is 9.42 Å². The molecule has 1 atom stereocenters. The highest BCUT2D eigenvalue weighted by Gasteiger charge is 2.27. The van der Waals surface area contributed by atoms with Crippen LogP contribution in [0.4, 0.5) is 0 Å². The number of piperazine rings is 1. The highest BCUT2D eigenvalue weighted by molar-refractivity contribution is 5.76. The van der Waals surface area contributed by atoms with Crippen LogP contribution in [-0.4, -0.2) is 52.0 Å². The predicted octanol–water partition coefficient (Wildman–Crippen LogP) is 3.05. The zero-order valence-electron chi connectivity index (χ0n) is 15.2. The van der Waals surface area contributed by atoms with Gasteiger partial charge in [-0.2, -0.15) is 4.98 Å². The molecular formula is C19H26N4O2. The fourth-order valence-corrected chi connectivity index (χ4v) is 3.11. The van der Waals surface area contributed by atoms with Gasteiger partial charge in [-0.1, -0.05) is 41.9 Å². The van der Waals surface area contributed by atoms with Crippen LogP contribution < -0.4 is 0 Å². The van der Waals surface area contributed by atoms with Gasteiger partial charge in [-0.15, -0.1) is 0 Å². The van der Waals surface area contributed by atoms with Crippen LogP contribution in [0.25, 0.3) is 11.4 Å². The van der Waals surface area contributed by atoms with Crippen molar-refractivity contribution in [2.45, 2.75) is 39.7 Å². The average Bonchev–Trinajstić information content (AvgIpc) is 3.12. The highest BCUT2D eigenvalue weighted by Crippen LogP contribution is 2.23. The van der Waals surface area contributed by atoms with Crippen molar-refractivity contribution < 1.29 is 9.32 Å². The fraction of sp³-hybridized carbons (Fsp3) is 0.526. The van der Waals surface area contributed by atoms with Crippen molar-refractivity contribution in [1.82, 2.24) is 19.9 Å². The lowest BCUT2D eigenvalue weighted by atomic mass is 10.1. The van der Waals surface area contributed by atoms with Crippen molar-refractivity contribution in [1.29, 1.82) is 0 Å². The molecule has 0 N–H and O–H groups in total. The predicted molar refractivity (Wildman–Crippen MR) is 95.9 cm³/mol. The average molecular weight is 342 g/mol. The van der Waals surface area contributed by atoms with E-state index in [4.69, 9.17) is 4.52 Å². The summed E-state index contributed by atoms with van der Waals surface area (Å²) < 4.78 is 5.49. The first-order valence-electron chi connectivity index (χ1n) is 9.01. The van der Waals surface area contributed by atoms with E-state index in [-0.39, 0.29) is 11.9 Å². The molecule has 6 heteroatoms. The van der Waals surface area contributed by atoms with E-state index >= 15 is 0 Å². The zero-order valence-corrected chi connectivity index (χ0v) is 15.2. The Morgan fingerprint density at radius 2 is 1.88 bits per heavy atom. The van der Waals surface area contributed by atoms with Crippen LogP contribution in [-0.2, 0) is 4.79 Å². The summed E-state index contributed by atoms with van der Waals surface area (Å²) in [6.07, 6.45) is 1.54. The molecule has 0 radical (unpaired) electrons. The fourth-order valence-electron chi connectivity index (χ4n) is 3.11. The van der Waals surface area contributed by atoms with E-state index in [1.165, 1.54) is 5.56 Å². The van der Waals surface area contributed by atoms with E-state index in [0.29, 0.717) is 18.1 Å². The third kappa shape index (κ3) is 4.07. The van der Waals surface area contributed by atoms with Crippen LogP contribution in [0.5, 0.6) is 0 Å². The molecule has 1 fully saturated rings. The molecule has 1 aliphatic heterocycles. The van der Waals surface area contributed by atoms with Crippen LogP contribution in [0.2, 0.25) is 0 Å². The minimum atomic E-state index is 0.0510. The van der Waals surface area contributed by atoms with Gasteiger partial charge in [-0.25, -0.2) is 0 Å². The van der Waals surface area contributed by atoms with E-state index in [2.05, 4.69) is 28.9 Å². The van der Waals surface area contributed by atoms with Gasteiger partial charge in [-0.3, -0.25) is 9.69 Å². The SMILES string of the molecule is CCCC(=O)N1CCN(C(C)c2nc(-c3ccc(C)cc3)no2)CC1. The molecule has 1 saturated heterocycles. The van der Waals surface area contributed by atoms with Gasteiger partial charge >= 0.3 is 0 Å². The van der Waals surface area contributed by atoms with E-state index in [9.17, 15) is 4.79 Å². The molecule has 1 amide bonds. The number of aryl methyl sites for hydroxylation is 1. The largest absolute Gasteiger partial charge is 0.340 e. The Morgan fingerprint density at radius 1 is 1.20 bits per heavy atom. The minimum absolute atomic E-state index is 0.0510. The number of carbonyl (C=O) groups excluding carboxylic acids is 1. The van der Waals surface area contributed by atoms with Gasteiger partial charge in [-0.05, 0) is 20.3 Å². The van der Waals surface area contributed by atoms with Crippen molar-refractivity contribution >= 4 is 5.91 Å². The van der Waals surface area contributed by atoms with Gasteiger partial charge in [0.1, 0.15) is 0 Å². The minimum Gasteiger partial charge on any atom is -0.340 e. The third-order valence-corrected chi connectivity index (χ3v) is 4.79. The number of aromatic nitrogens is 2. The van der Waals surface area contributed by atoms with E-state index in [1.807, 2.05) is 36.1 Å². The molecule has 1 unspecified atom stereocenters. The number of amides is 1. The van der Waals surface area contributed by atoms with Crippen molar-refractivity contribution in [3.63, 3.8) is 0 Å². The Bertz CT molecular complexity index is 702. The molecular weight excluding hydrogens is 316 g/mol. The van der Waals surface area contributed by atoms with Crippen molar-refractivity contribution in [2.75, 3.05) is 26.2 Å². The van der Waals surface area contributed by atoms with Crippen LogP contribution >= 0.6 is 0 Å². The quantitative estimate of drug-likeness (QED) is 0.836. The molecule has 0 bridgehead atoms. The lowest BCUT2D eigenvalue weighted by molar-refractivity contribution is -0.133. The first-order chi connectivity index (χ1) is 12.1. The summed E-state index contributed by atoms with van der Waals surface area (Å²) in [5, 5.41) is 4.12. The Balaban J connectivity index is 1.62. The highest BCUT2D eigenvalue weighted by atomic mass is 16.5. The zero-order chi connectivity index (χ0) is 17.8. The number of hydrogen-bond donors (Lipinski definition) is 0. The van der Waals surface area contributed by atoms with Crippen LogP contribution in [0.3, 0.4) is 0 Å². The van der Waals surface area contributed by atoms with Crippen LogP contribution in [0.15, 0.2) is 28.8 Å². The topological polar surface area (TPSA) is 62.5 Å². The van der Waals surface area contributed by atoms with Gasteiger partial charge in [0.2, 0.25) is 17.6 Å². The Kier molecular flexibility index (Phi) is 5.48. The summed E-state index contributed by atoms with van der Waals surface area (Å²) in [6, 6.07) is 8.15. The second-order valence-corrected chi connectivity index (χ2v) is 6.66.